The number of benzene rings is 2. The van der Waals surface area contributed by atoms with Crippen LogP contribution >= 0.6 is 0 Å². The summed E-state index contributed by atoms with van der Waals surface area (Å²) < 4.78 is 45.9. The SMILES string of the molecule is CC(N)C(Oc1cccc(F)c1F)c1ccccc1F. The molecule has 2 atom stereocenters. The second-order valence-electron chi connectivity index (χ2n) is 4.47. The van der Waals surface area contributed by atoms with Crippen molar-refractivity contribution in [3.05, 3.63) is 65.5 Å². The Morgan fingerprint density at radius 3 is 2.25 bits per heavy atom. The molecular weight excluding hydrogens is 267 g/mol. The molecule has 0 spiro atoms. The van der Waals surface area contributed by atoms with Gasteiger partial charge in [-0.15, -0.1) is 0 Å². The minimum absolute atomic E-state index is 0.200. The van der Waals surface area contributed by atoms with Crippen molar-refractivity contribution in [3.63, 3.8) is 0 Å². The van der Waals surface area contributed by atoms with Crippen LogP contribution < -0.4 is 10.5 Å². The van der Waals surface area contributed by atoms with Gasteiger partial charge in [0, 0.05) is 11.6 Å². The van der Waals surface area contributed by atoms with E-state index in [9.17, 15) is 13.2 Å². The summed E-state index contributed by atoms with van der Waals surface area (Å²) in [6.07, 6.45) is -0.910. The van der Waals surface area contributed by atoms with E-state index in [0.29, 0.717) is 0 Å². The van der Waals surface area contributed by atoms with Gasteiger partial charge in [-0.1, -0.05) is 24.3 Å². The lowest BCUT2D eigenvalue weighted by Crippen LogP contribution is -2.30. The molecule has 2 N–H and O–H groups in total. The lowest BCUT2D eigenvalue weighted by Gasteiger charge is -2.23. The van der Waals surface area contributed by atoms with E-state index in [4.69, 9.17) is 10.5 Å². The third-order valence-electron chi connectivity index (χ3n) is 2.86. The van der Waals surface area contributed by atoms with Crippen molar-refractivity contribution in [2.75, 3.05) is 0 Å². The Kier molecular flexibility index (Phi) is 4.29. The lowest BCUT2D eigenvalue weighted by atomic mass is 10.0. The first-order chi connectivity index (χ1) is 9.50. The van der Waals surface area contributed by atoms with Gasteiger partial charge < -0.3 is 10.5 Å². The molecule has 0 amide bonds. The third kappa shape index (κ3) is 2.93. The first-order valence-electron chi connectivity index (χ1n) is 6.11. The molecule has 0 heterocycles. The molecule has 0 aliphatic heterocycles. The van der Waals surface area contributed by atoms with Gasteiger partial charge in [0.05, 0.1) is 0 Å². The Balaban J connectivity index is 2.36. The van der Waals surface area contributed by atoms with Gasteiger partial charge in [0.2, 0.25) is 5.82 Å². The van der Waals surface area contributed by atoms with Crippen LogP contribution in [0.4, 0.5) is 13.2 Å². The molecule has 5 heteroatoms. The summed E-state index contributed by atoms with van der Waals surface area (Å²) in [5.74, 6) is -2.95. The zero-order valence-electron chi connectivity index (χ0n) is 10.8. The molecule has 0 aliphatic carbocycles. The highest BCUT2D eigenvalue weighted by Gasteiger charge is 2.23. The highest BCUT2D eigenvalue weighted by Crippen LogP contribution is 2.28. The van der Waals surface area contributed by atoms with Gasteiger partial charge in [-0.25, -0.2) is 8.78 Å². The van der Waals surface area contributed by atoms with Crippen LogP contribution in [-0.4, -0.2) is 6.04 Å². The van der Waals surface area contributed by atoms with Crippen LogP contribution in [-0.2, 0) is 0 Å². The number of nitrogens with two attached hydrogens (primary N) is 1. The summed E-state index contributed by atoms with van der Waals surface area (Å²) in [6, 6.07) is 8.87. The first kappa shape index (κ1) is 14.4. The molecule has 0 radical (unpaired) electrons. The number of hydrogen-bond donors (Lipinski definition) is 1. The molecule has 0 aromatic heterocycles. The van der Waals surface area contributed by atoms with E-state index in [0.717, 1.165) is 6.07 Å². The summed E-state index contributed by atoms with van der Waals surface area (Å²) in [7, 11) is 0. The fourth-order valence-corrected chi connectivity index (χ4v) is 1.87. The molecular formula is C15H14F3NO. The predicted molar refractivity (Wildman–Crippen MR) is 69.8 cm³/mol. The van der Waals surface area contributed by atoms with Gasteiger partial charge in [0.1, 0.15) is 11.9 Å². The standard InChI is InChI=1S/C15H14F3NO/c1-9(19)15(10-5-2-3-6-11(10)16)20-13-8-4-7-12(17)14(13)18/h2-9,15H,19H2,1H3. The zero-order valence-corrected chi connectivity index (χ0v) is 10.8. The van der Waals surface area contributed by atoms with Gasteiger partial charge >= 0.3 is 0 Å². The number of rotatable bonds is 4. The van der Waals surface area contributed by atoms with Crippen molar-refractivity contribution in [1.82, 2.24) is 0 Å². The molecule has 2 unspecified atom stereocenters. The van der Waals surface area contributed by atoms with Gasteiger partial charge in [0.15, 0.2) is 11.6 Å². The van der Waals surface area contributed by atoms with Crippen LogP contribution in [0.5, 0.6) is 5.75 Å². The van der Waals surface area contributed by atoms with Crippen LogP contribution in [0.2, 0.25) is 0 Å². The Morgan fingerprint density at radius 2 is 1.60 bits per heavy atom. The Bertz CT molecular complexity index is 601. The Hall–Kier alpha value is -2.01. The molecule has 0 fully saturated rings. The van der Waals surface area contributed by atoms with E-state index in [1.807, 2.05) is 0 Å². The smallest absolute Gasteiger partial charge is 0.200 e. The summed E-state index contributed by atoms with van der Waals surface area (Å²) in [5, 5.41) is 0. The number of halogens is 3. The van der Waals surface area contributed by atoms with Crippen molar-refractivity contribution in [2.24, 2.45) is 5.73 Å². The molecule has 2 rings (SSSR count). The largest absolute Gasteiger partial charge is 0.481 e. The van der Waals surface area contributed by atoms with Gasteiger partial charge in [-0.2, -0.15) is 4.39 Å². The van der Waals surface area contributed by atoms with E-state index in [2.05, 4.69) is 0 Å². The van der Waals surface area contributed by atoms with Crippen molar-refractivity contribution in [1.29, 1.82) is 0 Å². The maximum atomic E-state index is 13.8. The topological polar surface area (TPSA) is 35.2 Å². The number of ether oxygens (including phenoxy) is 1. The van der Waals surface area contributed by atoms with Crippen LogP contribution in [0, 0.1) is 17.5 Å². The second kappa shape index (κ2) is 5.96. The fraction of sp³-hybridized carbons (Fsp3) is 0.200. The van der Waals surface area contributed by atoms with Crippen LogP contribution in [0.15, 0.2) is 42.5 Å². The van der Waals surface area contributed by atoms with E-state index in [-0.39, 0.29) is 11.3 Å². The Morgan fingerprint density at radius 1 is 0.950 bits per heavy atom. The maximum absolute atomic E-state index is 13.8. The summed E-state index contributed by atoms with van der Waals surface area (Å²) >= 11 is 0. The normalized spacial score (nSPS) is 13.8. The Labute approximate surface area is 115 Å². The molecule has 20 heavy (non-hydrogen) atoms. The van der Waals surface area contributed by atoms with Gasteiger partial charge in [0.25, 0.3) is 0 Å². The lowest BCUT2D eigenvalue weighted by molar-refractivity contribution is 0.166. The molecule has 0 saturated carbocycles. The van der Waals surface area contributed by atoms with Crippen LogP contribution in [0.3, 0.4) is 0 Å². The van der Waals surface area contributed by atoms with E-state index in [1.54, 1.807) is 13.0 Å². The average Bonchev–Trinajstić information content (AvgIpc) is 2.41. The van der Waals surface area contributed by atoms with Crippen molar-refractivity contribution in [2.45, 2.75) is 19.1 Å². The van der Waals surface area contributed by atoms with E-state index in [1.165, 1.54) is 30.3 Å². The molecule has 0 saturated heterocycles. The van der Waals surface area contributed by atoms with Crippen molar-refractivity contribution >= 4 is 0 Å². The molecule has 0 aliphatic rings. The molecule has 106 valence electrons. The predicted octanol–water partition coefficient (Wildman–Crippen LogP) is 3.57. The monoisotopic (exact) mass is 281 g/mol. The number of hydrogen-bond acceptors (Lipinski definition) is 2. The van der Waals surface area contributed by atoms with Crippen LogP contribution in [0.25, 0.3) is 0 Å². The zero-order chi connectivity index (χ0) is 14.7. The van der Waals surface area contributed by atoms with Crippen molar-refractivity contribution < 1.29 is 17.9 Å². The van der Waals surface area contributed by atoms with E-state index < -0.39 is 29.6 Å². The minimum atomic E-state index is -1.12. The first-order valence-corrected chi connectivity index (χ1v) is 6.11. The highest BCUT2D eigenvalue weighted by molar-refractivity contribution is 5.28. The van der Waals surface area contributed by atoms with Gasteiger partial charge in [-0.3, -0.25) is 0 Å². The summed E-state index contributed by atoms with van der Waals surface area (Å²) in [6.45, 7) is 1.61. The average molecular weight is 281 g/mol. The van der Waals surface area contributed by atoms with Crippen molar-refractivity contribution in [3.8, 4) is 5.75 Å². The molecule has 2 aromatic carbocycles. The molecule has 2 nitrogen and oxygen atoms in total. The third-order valence-corrected chi connectivity index (χ3v) is 2.86. The van der Waals surface area contributed by atoms with Gasteiger partial charge in [-0.05, 0) is 25.1 Å². The van der Waals surface area contributed by atoms with Crippen LogP contribution in [0.1, 0.15) is 18.6 Å². The second-order valence-corrected chi connectivity index (χ2v) is 4.47. The maximum Gasteiger partial charge on any atom is 0.200 e. The molecule has 2 aromatic rings. The molecule has 0 bridgehead atoms. The minimum Gasteiger partial charge on any atom is -0.481 e. The van der Waals surface area contributed by atoms with E-state index >= 15 is 0 Å². The fourth-order valence-electron chi connectivity index (χ4n) is 1.87. The summed E-state index contributed by atoms with van der Waals surface area (Å²) in [5.41, 5.74) is 5.97. The quantitative estimate of drug-likeness (QED) is 0.929. The summed E-state index contributed by atoms with van der Waals surface area (Å²) in [4.78, 5) is 0. The highest BCUT2D eigenvalue weighted by atomic mass is 19.2.